The van der Waals surface area contributed by atoms with Gasteiger partial charge in [-0.1, -0.05) is 30.0 Å². The van der Waals surface area contributed by atoms with E-state index in [1.807, 2.05) is 29.6 Å². The van der Waals surface area contributed by atoms with Crippen LogP contribution < -0.4 is 10.1 Å². The molecule has 1 aromatic heterocycles. The number of nitrogens with one attached hydrogen (secondary N) is 1. The molecule has 0 spiro atoms. The summed E-state index contributed by atoms with van der Waals surface area (Å²) in [6.45, 7) is 0.285. The lowest BCUT2D eigenvalue weighted by Gasteiger charge is -2.06. The van der Waals surface area contributed by atoms with E-state index >= 15 is 0 Å². The van der Waals surface area contributed by atoms with Gasteiger partial charge in [-0.05, 0) is 18.2 Å². The van der Waals surface area contributed by atoms with Crippen molar-refractivity contribution in [1.29, 1.82) is 0 Å². The average molecular weight is 301 g/mol. The van der Waals surface area contributed by atoms with Crippen molar-refractivity contribution in [3.05, 3.63) is 52.2 Å². The SMILES string of the molecule is O=C(COc1ccccc1)NCc1cc(C#CCO)cs1. The summed E-state index contributed by atoms with van der Waals surface area (Å²) in [6.07, 6.45) is 0. The van der Waals surface area contributed by atoms with Gasteiger partial charge in [0.2, 0.25) is 0 Å². The Morgan fingerprint density at radius 2 is 2.14 bits per heavy atom. The van der Waals surface area contributed by atoms with Crippen LogP contribution in [0.5, 0.6) is 5.75 Å². The molecular formula is C16H15NO3S. The zero-order valence-electron chi connectivity index (χ0n) is 11.3. The minimum absolute atomic E-state index is 0.00738. The Balaban J connectivity index is 1.75. The zero-order valence-corrected chi connectivity index (χ0v) is 12.2. The smallest absolute Gasteiger partial charge is 0.258 e. The number of aliphatic hydroxyl groups excluding tert-OH is 1. The van der Waals surface area contributed by atoms with Crippen LogP contribution in [-0.4, -0.2) is 24.2 Å². The summed E-state index contributed by atoms with van der Waals surface area (Å²) >= 11 is 1.52. The van der Waals surface area contributed by atoms with Gasteiger partial charge in [0.1, 0.15) is 12.4 Å². The summed E-state index contributed by atoms with van der Waals surface area (Å²) in [5.41, 5.74) is 0.846. The molecule has 0 bridgehead atoms. The van der Waals surface area contributed by atoms with Gasteiger partial charge >= 0.3 is 0 Å². The van der Waals surface area contributed by atoms with Gasteiger partial charge in [0.05, 0.1) is 6.54 Å². The third-order valence-electron chi connectivity index (χ3n) is 2.54. The summed E-state index contributed by atoms with van der Waals surface area (Å²) < 4.78 is 5.36. The van der Waals surface area contributed by atoms with E-state index in [1.54, 1.807) is 12.1 Å². The quantitative estimate of drug-likeness (QED) is 0.828. The molecule has 0 saturated heterocycles. The fraction of sp³-hybridized carbons (Fsp3) is 0.188. The Hall–Kier alpha value is -2.29. The number of benzene rings is 1. The van der Waals surface area contributed by atoms with Crippen LogP contribution >= 0.6 is 11.3 Å². The van der Waals surface area contributed by atoms with E-state index in [0.29, 0.717) is 12.3 Å². The number of para-hydroxylation sites is 1. The van der Waals surface area contributed by atoms with Gasteiger partial charge in [-0.15, -0.1) is 11.3 Å². The van der Waals surface area contributed by atoms with Crippen LogP contribution in [0, 0.1) is 11.8 Å². The molecule has 0 fully saturated rings. The summed E-state index contributed by atoms with van der Waals surface area (Å²) in [6, 6.07) is 11.1. The first-order valence-electron chi connectivity index (χ1n) is 6.39. The van der Waals surface area contributed by atoms with Crippen LogP contribution in [0.1, 0.15) is 10.4 Å². The standard InChI is InChI=1S/C16H15NO3S/c18-8-4-5-13-9-15(21-12-13)10-17-16(19)11-20-14-6-2-1-3-7-14/h1-3,6-7,9,12,18H,8,10-11H2,(H,17,19). The molecule has 0 atom stereocenters. The van der Waals surface area contributed by atoms with Crippen molar-refractivity contribution in [1.82, 2.24) is 5.32 Å². The van der Waals surface area contributed by atoms with Crippen molar-refractivity contribution in [2.24, 2.45) is 0 Å². The lowest BCUT2D eigenvalue weighted by atomic mass is 10.3. The number of carbonyl (C=O) groups is 1. The van der Waals surface area contributed by atoms with Crippen LogP contribution in [0.15, 0.2) is 41.8 Å². The van der Waals surface area contributed by atoms with Crippen molar-refractivity contribution in [2.45, 2.75) is 6.54 Å². The van der Waals surface area contributed by atoms with Crippen molar-refractivity contribution in [3.8, 4) is 17.6 Å². The van der Waals surface area contributed by atoms with Crippen molar-refractivity contribution >= 4 is 17.2 Å². The topological polar surface area (TPSA) is 58.6 Å². The summed E-state index contributed by atoms with van der Waals surface area (Å²) in [7, 11) is 0. The van der Waals surface area contributed by atoms with Crippen LogP contribution in [0.25, 0.3) is 0 Å². The van der Waals surface area contributed by atoms with Gasteiger partial charge in [-0.2, -0.15) is 0 Å². The highest BCUT2D eigenvalue weighted by Gasteiger charge is 2.04. The molecule has 0 aliphatic rings. The molecule has 0 unspecified atom stereocenters. The molecule has 2 rings (SSSR count). The van der Waals surface area contributed by atoms with Crippen LogP contribution in [0.3, 0.4) is 0 Å². The highest BCUT2D eigenvalue weighted by molar-refractivity contribution is 7.10. The molecule has 21 heavy (non-hydrogen) atoms. The third-order valence-corrected chi connectivity index (χ3v) is 3.48. The molecule has 1 aromatic carbocycles. The molecule has 0 radical (unpaired) electrons. The van der Waals surface area contributed by atoms with Gasteiger partial charge < -0.3 is 15.2 Å². The minimum atomic E-state index is -0.171. The molecule has 2 aromatic rings. The summed E-state index contributed by atoms with van der Waals surface area (Å²) in [5.74, 6) is 5.91. The normalized spacial score (nSPS) is 9.57. The Morgan fingerprint density at radius 3 is 2.90 bits per heavy atom. The zero-order chi connectivity index (χ0) is 14.9. The molecule has 5 heteroatoms. The minimum Gasteiger partial charge on any atom is -0.484 e. The lowest BCUT2D eigenvalue weighted by Crippen LogP contribution is -2.28. The van der Waals surface area contributed by atoms with Crippen molar-refractivity contribution in [2.75, 3.05) is 13.2 Å². The second-order valence-corrected chi connectivity index (χ2v) is 5.14. The fourth-order valence-electron chi connectivity index (χ4n) is 1.58. The first-order chi connectivity index (χ1) is 10.3. The molecule has 1 amide bonds. The van der Waals surface area contributed by atoms with Crippen molar-refractivity contribution in [3.63, 3.8) is 0 Å². The summed E-state index contributed by atoms with van der Waals surface area (Å²) in [4.78, 5) is 12.7. The lowest BCUT2D eigenvalue weighted by molar-refractivity contribution is -0.123. The molecule has 1 heterocycles. The average Bonchev–Trinajstić information content (AvgIpc) is 2.98. The molecule has 108 valence electrons. The van der Waals surface area contributed by atoms with E-state index in [1.165, 1.54) is 11.3 Å². The fourth-order valence-corrected chi connectivity index (χ4v) is 2.34. The molecule has 0 aliphatic carbocycles. The Labute approximate surface area is 127 Å². The van der Waals surface area contributed by atoms with Gasteiger partial charge in [-0.25, -0.2) is 0 Å². The number of hydrogen-bond acceptors (Lipinski definition) is 4. The number of rotatable bonds is 5. The van der Waals surface area contributed by atoms with Crippen LogP contribution in [0.2, 0.25) is 0 Å². The number of amides is 1. The van der Waals surface area contributed by atoms with Crippen LogP contribution in [-0.2, 0) is 11.3 Å². The number of ether oxygens (including phenoxy) is 1. The second-order valence-electron chi connectivity index (χ2n) is 4.14. The van der Waals surface area contributed by atoms with Gasteiger partial charge in [-0.3, -0.25) is 4.79 Å². The third kappa shape index (κ3) is 5.30. The first kappa shape index (κ1) is 15.1. The van der Waals surface area contributed by atoms with Crippen molar-refractivity contribution < 1.29 is 14.6 Å². The highest BCUT2D eigenvalue weighted by atomic mass is 32.1. The van der Waals surface area contributed by atoms with E-state index in [0.717, 1.165) is 10.4 Å². The molecule has 2 N–H and O–H groups in total. The number of aliphatic hydroxyl groups is 1. The van der Waals surface area contributed by atoms with Gasteiger partial charge in [0.15, 0.2) is 6.61 Å². The van der Waals surface area contributed by atoms with Crippen LogP contribution in [0.4, 0.5) is 0 Å². The van der Waals surface area contributed by atoms with E-state index in [9.17, 15) is 4.79 Å². The predicted molar refractivity (Wildman–Crippen MR) is 82.1 cm³/mol. The molecule has 0 aliphatic heterocycles. The highest BCUT2D eigenvalue weighted by Crippen LogP contribution is 2.13. The maximum atomic E-state index is 11.7. The number of hydrogen-bond donors (Lipinski definition) is 2. The molecule has 0 saturated carbocycles. The Kier molecular flexibility index (Phi) is 5.83. The van der Waals surface area contributed by atoms with E-state index in [-0.39, 0.29) is 19.1 Å². The largest absolute Gasteiger partial charge is 0.484 e. The van der Waals surface area contributed by atoms with E-state index in [4.69, 9.17) is 9.84 Å². The van der Waals surface area contributed by atoms with Gasteiger partial charge in [0.25, 0.3) is 5.91 Å². The van der Waals surface area contributed by atoms with Gasteiger partial charge in [0, 0.05) is 15.8 Å². The second kappa shape index (κ2) is 8.10. The monoisotopic (exact) mass is 301 g/mol. The number of carbonyl (C=O) groups excluding carboxylic acids is 1. The Morgan fingerprint density at radius 1 is 1.33 bits per heavy atom. The number of thiophene rings is 1. The summed E-state index contributed by atoms with van der Waals surface area (Å²) in [5, 5.41) is 13.3. The van der Waals surface area contributed by atoms with E-state index < -0.39 is 0 Å². The predicted octanol–water partition coefficient (Wildman–Crippen LogP) is 1.79. The maximum Gasteiger partial charge on any atom is 0.258 e. The molecule has 4 nitrogen and oxygen atoms in total. The maximum absolute atomic E-state index is 11.7. The van der Waals surface area contributed by atoms with E-state index in [2.05, 4.69) is 17.2 Å². The molecular weight excluding hydrogens is 286 g/mol. The Bertz CT molecular complexity index is 640. The first-order valence-corrected chi connectivity index (χ1v) is 7.27.